The number of carbonyl (C=O) groups excluding carboxylic acids is 3. The van der Waals surface area contributed by atoms with E-state index in [2.05, 4.69) is 69.1 Å². The minimum Gasteiger partial charge on any atom is -0.465 e. The maximum absolute atomic E-state index is 13.8. The third-order valence-corrected chi connectivity index (χ3v) is 13.0. The normalized spacial score (nSPS) is 19.4. The van der Waals surface area contributed by atoms with Gasteiger partial charge in [-0.05, 0) is 83.5 Å². The Hall–Kier alpha value is -5.83. The molecular weight excluding hydrogens is 769 g/mol. The van der Waals surface area contributed by atoms with Crippen LogP contribution in [0, 0.1) is 11.8 Å². The van der Waals surface area contributed by atoms with Gasteiger partial charge in [-0.1, -0.05) is 64.1 Å². The van der Waals surface area contributed by atoms with Gasteiger partial charge in [0, 0.05) is 29.1 Å². The molecule has 5 N–H and O–H groups in total. The zero-order chi connectivity index (χ0) is 41.7. The van der Waals surface area contributed by atoms with Gasteiger partial charge in [0.1, 0.15) is 23.7 Å². The third kappa shape index (κ3) is 7.52. The number of carbonyl (C=O) groups is 4. The summed E-state index contributed by atoms with van der Waals surface area (Å²) in [4.78, 5) is 71.8. The molecule has 0 unspecified atom stereocenters. The van der Waals surface area contributed by atoms with Gasteiger partial charge in [0.25, 0.3) is 0 Å². The van der Waals surface area contributed by atoms with Gasteiger partial charge in [0.05, 0.1) is 41.3 Å². The summed E-state index contributed by atoms with van der Waals surface area (Å²) in [5.41, 5.74) is 5.56. The second-order valence-electron chi connectivity index (χ2n) is 16.4. The van der Waals surface area contributed by atoms with E-state index >= 15 is 0 Å². The van der Waals surface area contributed by atoms with Crippen molar-refractivity contribution in [3.05, 3.63) is 72.3 Å². The van der Waals surface area contributed by atoms with Crippen molar-refractivity contribution in [2.24, 2.45) is 11.8 Å². The summed E-state index contributed by atoms with van der Waals surface area (Å²) in [6.07, 6.45) is 2.52. The lowest BCUT2D eigenvalue weighted by Crippen LogP contribution is -2.51. The molecule has 5 atom stereocenters. The lowest BCUT2D eigenvalue weighted by atomic mass is 9.98. The van der Waals surface area contributed by atoms with Gasteiger partial charge < -0.3 is 40.2 Å². The molecule has 15 heteroatoms. The van der Waals surface area contributed by atoms with Crippen molar-refractivity contribution >= 4 is 79.4 Å². The second kappa shape index (κ2) is 16.1. The molecule has 308 valence electrons. The van der Waals surface area contributed by atoms with Gasteiger partial charge in [-0.15, -0.1) is 0 Å². The van der Waals surface area contributed by atoms with Crippen LogP contribution in [0.1, 0.15) is 70.7 Å². The van der Waals surface area contributed by atoms with Gasteiger partial charge >= 0.3 is 12.2 Å². The van der Waals surface area contributed by atoms with Crippen molar-refractivity contribution in [2.75, 3.05) is 26.5 Å². The molecule has 59 heavy (non-hydrogen) atoms. The van der Waals surface area contributed by atoms with E-state index in [1.165, 1.54) is 7.11 Å². The Kier molecular flexibility index (Phi) is 10.9. The number of rotatable bonds is 10. The molecule has 0 saturated carbocycles. The molecule has 6 aromatic rings. The van der Waals surface area contributed by atoms with Crippen LogP contribution >= 0.6 is 11.8 Å². The molecular formula is C44H50N8O6S. The quantitative estimate of drug-likeness (QED) is 0.0922. The van der Waals surface area contributed by atoms with Crippen LogP contribution in [0.2, 0.25) is 0 Å². The van der Waals surface area contributed by atoms with E-state index in [-0.39, 0.29) is 41.0 Å². The molecule has 2 fully saturated rings. The zero-order valence-corrected chi connectivity index (χ0v) is 34.9. The van der Waals surface area contributed by atoms with Gasteiger partial charge in [0.15, 0.2) is 0 Å². The number of likely N-dealkylation sites (tertiary alicyclic amines) is 2. The SMILES string of the molecule is COC(=O)N[C@H](C(=O)N1CCC[C@H]1c1nc2ccc3cc(-c4ccc5c(ccc6nc([C@@H]7C[C@H](SC)CN7C(=O)[C@@H](NC(=O)O)C(C)C)[nH]c65)c4)ccc3c2[nH]1)C(C)C. The first-order valence-electron chi connectivity index (χ1n) is 20.2. The Morgan fingerprint density at radius 1 is 0.780 bits per heavy atom. The first kappa shape index (κ1) is 40.0. The number of H-pyrrole nitrogens is 2. The van der Waals surface area contributed by atoms with Gasteiger partial charge in [-0.3, -0.25) is 9.59 Å². The fraction of sp³-hybridized carbons (Fsp3) is 0.409. The van der Waals surface area contributed by atoms with Gasteiger partial charge in [-0.2, -0.15) is 11.8 Å². The first-order valence-corrected chi connectivity index (χ1v) is 21.5. The summed E-state index contributed by atoms with van der Waals surface area (Å²) < 4.78 is 4.79. The number of nitrogens with zero attached hydrogens (tertiary/aromatic N) is 4. The number of amides is 4. The van der Waals surface area contributed by atoms with Crippen LogP contribution in [-0.2, 0) is 14.3 Å². The fourth-order valence-electron chi connectivity index (χ4n) is 8.82. The summed E-state index contributed by atoms with van der Waals surface area (Å²) in [6.45, 7) is 8.60. The lowest BCUT2D eigenvalue weighted by Gasteiger charge is -2.29. The molecule has 4 amide bonds. The average Bonchev–Trinajstić information content (AvgIpc) is 4.05. The predicted octanol–water partition coefficient (Wildman–Crippen LogP) is 7.75. The number of nitrogens with one attached hydrogen (secondary N) is 4. The maximum Gasteiger partial charge on any atom is 0.407 e. The number of alkyl carbamates (subject to hydrolysis) is 1. The summed E-state index contributed by atoms with van der Waals surface area (Å²) in [5, 5.41) is 19.0. The summed E-state index contributed by atoms with van der Waals surface area (Å²) in [6, 6.07) is 18.9. The number of ether oxygens (including phenoxy) is 1. The van der Waals surface area contributed by atoms with E-state index in [9.17, 15) is 24.3 Å². The van der Waals surface area contributed by atoms with E-state index in [0.717, 1.165) is 73.4 Å². The predicted molar refractivity (Wildman–Crippen MR) is 230 cm³/mol. The Morgan fingerprint density at radius 3 is 1.85 bits per heavy atom. The van der Waals surface area contributed by atoms with Crippen LogP contribution in [0.4, 0.5) is 9.59 Å². The highest BCUT2D eigenvalue weighted by atomic mass is 32.2. The number of carboxylic acid groups (broad SMARTS) is 1. The Bertz CT molecular complexity index is 2600. The number of methoxy groups -OCH3 is 1. The van der Waals surface area contributed by atoms with Crippen LogP contribution in [-0.4, -0.2) is 103 Å². The minimum absolute atomic E-state index is 0.117. The Morgan fingerprint density at radius 2 is 1.32 bits per heavy atom. The number of benzene rings is 4. The van der Waals surface area contributed by atoms with Gasteiger partial charge in [0.2, 0.25) is 11.8 Å². The molecule has 0 aliphatic carbocycles. The van der Waals surface area contributed by atoms with Crippen molar-refractivity contribution in [2.45, 2.75) is 76.4 Å². The standard InChI is InChI=1S/C44H50N8O6S/c1-22(2)35(49-43(55)56)42(54)52-21-28(59-6)20-34(52)40-46-32-16-12-27-19-25(10-14-30(27)38(32)48-40)24-9-13-29-26(18-24)11-15-31-37(29)47-39(45-31)33-8-7-17-51(33)41(53)36(23(3)4)50-44(57)58-5/h9-16,18-19,22-23,28,33-36,49H,7-8,17,20-21H2,1-6H3,(H,45,47)(H,46,48)(H,50,57)(H,55,56)/t28-,33-,34-,35-,36-/m0/s1. The molecule has 14 nitrogen and oxygen atoms in total. The Labute approximate surface area is 345 Å². The smallest absolute Gasteiger partial charge is 0.407 e. The number of aromatic nitrogens is 4. The van der Waals surface area contributed by atoms with Gasteiger partial charge in [-0.25, -0.2) is 19.6 Å². The van der Waals surface area contributed by atoms with Crippen molar-refractivity contribution in [1.29, 1.82) is 0 Å². The van der Waals surface area contributed by atoms with E-state index in [1.807, 2.05) is 51.0 Å². The van der Waals surface area contributed by atoms with E-state index < -0.39 is 24.3 Å². The number of hydrogen-bond donors (Lipinski definition) is 5. The third-order valence-electron chi connectivity index (χ3n) is 12.0. The average molecular weight is 819 g/mol. The highest BCUT2D eigenvalue weighted by Crippen LogP contribution is 2.39. The number of fused-ring (bicyclic) bond motifs is 6. The van der Waals surface area contributed by atoms with Crippen LogP contribution in [0.5, 0.6) is 0 Å². The number of aromatic amines is 2. The van der Waals surface area contributed by atoms with Crippen LogP contribution in [0.3, 0.4) is 0 Å². The largest absolute Gasteiger partial charge is 0.465 e. The second-order valence-corrected chi connectivity index (χ2v) is 17.5. The van der Waals surface area contributed by atoms with E-state index in [0.29, 0.717) is 25.3 Å². The summed E-state index contributed by atoms with van der Waals surface area (Å²) in [7, 11) is 1.29. The van der Waals surface area contributed by atoms with Crippen molar-refractivity contribution in [1.82, 2.24) is 40.4 Å². The highest BCUT2D eigenvalue weighted by molar-refractivity contribution is 7.99. The Balaban J connectivity index is 1.06. The topological polar surface area (TPSA) is 186 Å². The van der Waals surface area contributed by atoms with Crippen LogP contribution in [0.25, 0.3) is 54.7 Å². The molecule has 8 rings (SSSR count). The van der Waals surface area contributed by atoms with Crippen LogP contribution < -0.4 is 10.6 Å². The maximum atomic E-state index is 13.8. The molecule has 0 bridgehead atoms. The molecule has 2 saturated heterocycles. The zero-order valence-electron chi connectivity index (χ0n) is 34.0. The van der Waals surface area contributed by atoms with Crippen molar-refractivity contribution in [3.63, 3.8) is 0 Å². The first-order chi connectivity index (χ1) is 28.3. The molecule has 2 aliphatic rings. The summed E-state index contributed by atoms with van der Waals surface area (Å²) >= 11 is 1.70. The fourth-order valence-corrected chi connectivity index (χ4v) is 9.51. The number of imidazole rings is 2. The molecule has 2 aromatic heterocycles. The number of hydrogen-bond acceptors (Lipinski definition) is 8. The molecule has 0 spiro atoms. The monoisotopic (exact) mass is 818 g/mol. The highest BCUT2D eigenvalue weighted by Gasteiger charge is 2.42. The van der Waals surface area contributed by atoms with Crippen LogP contribution in [0.15, 0.2) is 60.7 Å². The summed E-state index contributed by atoms with van der Waals surface area (Å²) in [5.74, 6) is 0.727. The van der Waals surface area contributed by atoms with Crippen molar-refractivity contribution < 1.29 is 29.0 Å². The van der Waals surface area contributed by atoms with Crippen molar-refractivity contribution in [3.8, 4) is 11.1 Å². The molecule has 0 radical (unpaired) electrons. The van der Waals surface area contributed by atoms with E-state index in [4.69, 9.17) is 14.7 Å². The minimum atomic E-state index is -1.22. The molecule has 4 heterocycles. The van der Waals surface area contributed by atoms with E-state index in [1.54, 1.807) is 16.7 Å². The molecule has 2 aliphatic heterocycles. The lowest BCUT2D eigenvalue weighted by molar-refractivity contribution is -0.136. The number of thioether (sulfide) groups is 1. The molecule has 4 aromatic carbocycles.